The standard InChI is InChI=1S/C20H24N2O3/c1-25-19-5-3-2-4-18(19)22-13-12-16(14-22)21-20(24)11-8-15-6-9-17(23)10-7-15/h2-7,9-10,16,23H,8,11-14H2,1H3,(H,21,24)/t16-/m0/s1. The maximum absolute atomic E-state index is 12.2. The molecule has 1 amide bonds. The van der Waals surface area contributed by atoms with Crippen LogP contribution >= 0.6 is 0 Å². The first-order valence-corrected chi connectivity index (χ1v) is 8.61. The SMILES string of the molecule is COc1ccccc1N1CC[C@H](NC(=O)CCc2ccc(O)cc2)C1. The molecule has 132 valence electrons. The molecule has 1 fully saturated rings. The van der Waals surface area contributed by atoms with Gasteiger partial charge in [-0.3, -0.25) is 4.79 Å². The zero-order chi connectivity index (χ0) is 17.6. The number of nitrogens with zero attached hydrogens (tertiary/aromatic N) is 1. The van der Waals surface area contributed by atoms with Gasteiger partial charge in [0.1, 0.15) is 11.5 Å². The number of methoxy groups -OCH3 is 1. The summed E-state index contributed by atoms with van der Waals surface area (Å²) in [6.45, 7) is 1.70. The van der Waals surface area contributed by atoms with E-state index in [0.29, 0.717) is 12.8 Å². The molecule has 2 aromatic rings. The summed E-state index contributed by atoms with van der Waals surface area (Å²) in [6.07, 6.45) is 2.06. The minimum atomic E-state index is 0.0694. The van der Waals surface area contributed by atoms with Crippen LogP contribution in [-0.4, -0.2) is 37.3 Å². The van der Waals surface area contributed by atoms with Crippen LogP contribution in [0.3, 0.4) is 0 Å². The summed E-state index contributed by atoms with van der Waals surface area (Å²) in [6, 6.07) is 15.1. The van der Waals surface area contributed by atoms with E-state index in [4.69, 9.17) is 4.74 Å². The van der Waals surface area contributed by atoms with Crippen LogP contribution in [0.25, 0.3) is 0 Å². The van der Waals surface area contributed by atoms with Crippen LogP contribution < -0.4 is 15.0 Å². The lowest BCUT2D eigenvalue weighted by Gasteiger charge is -2.21. The van der Waals surface area contributed by atoms with Crippen molar-refractivity contribution < 1.29 is 14.6 Å². The maximum atomic E-state index is 12.2. The summed E-state index contributed by atoms with van der Waals surface area (Å²) >= 11 is 0. The Balaban J connectivity index is 1.49. The molecule has 5 nitrogen and oxygen atoms in total. The summed E-state index contributed by atoms with van der Waals surface area (Å²) in [7, 11) is 1.68. The molecule has 0 unspecified atom stereocenters. The van der Waals surface area contributed by atoms with Crippen LogP contribution in [0.5, 0.6) is 11.5 Å². The lowest BCUT2D eigenvalue weighted by Crippen LogP contribution is -2.37. The Kier molecular flexibility index (Phi) is 5.43. The van der Waals surface area contributed by atoms with Crippen LogP contribution in [0.2, 0.25) is 0 Å². The van der Waals surface area contributed by atoms with E-state index in [0.717, 1.165) is 36.5 Å². The highest BCUT2D eigenvalue weighted by Gasteiger charge is 2.25. The fourth-order valence-electron chi connectivity index (χ4n) is 3.21. The van der Waals surface area contributed by atoms with Gasteiger partial charge in [-0.15, -0.1) is 0 Å². The van der Waals surface area contributed by atoms with E-state index in [1.54, 1.807) is 19.2 Å². The Hall–Kier alpha value is -2.69. The van der Waals surface area contributed by atoms with Gasteiger partial charge < -0.3 is 20.1 Å². The Bertz CT molecular complexity index is 715. The number of anilines is 1. The van der Waals surface area contributed by atoms with Crippen molar-refractivity contribution in [3.63, 3.8) is 0 Å². The first kappa shape index (κ1) is 17.1. The van der Waals surface area contributed by atoms with Crippen LogP contribution in [0.4, 0.5) is 5.69 Å². The Labute approximate surface area is 148 Å². The monoisotopic (exact) mass is 340 g/mol. The van der Waals surface area contributed by atoms with Gasteiger partial charge in [0.2, 0.25) is 5.91 Å². The van der Waals surface area contributed by atoms with Gasteiger partial charge in [-0.25, -0.2) is 0 Å². The van der Waals surface area contributed by atoms with E-state index < -0.39 is 0 Å². The van der Waals surface area contributed by atoms with E-state index in [9.17, 15) is 9.90 Å². The van der Waals surface area contributed by atoms with Crippen molar-refractivity contribution in [3.8, 4) is 11.5 Å². The number of phenolic OH excluding ortho intramolecular Hbond substituents is 1. The highest BCUT2D eigenvalue weighted by Crippen LogP contribution is 2.30. The lowest BCUT2D eigenvalue weighted by molar-refractivity contribution is -0.121. The smallest absolute Gasteiger partial charge is 0.220 e. The van der Waals surface area contributed by atoms with E-state index in [1.165, 1.54) is 0 Å². The van der Waals surface area contributed by atoms with Gasteiger partial charge in [-0.2, -0.15) is 0 Å². The molecule has 2 aromatic carbocycles. The number of benzene rings is 2. The number of para-hydroxylation sites is 2. The van der Waals surface area contributed by atoms with Gasteiger partial charge in [0.15, 0.2) is 0 Å². The molecule has 2 N–H and O–H groups in total. The van der Waals surface area contributed by atoms with Crippen molar-refractivity contribution in [1.82, 2.24) is 5.32 Å². The summed E-state index contributed by atoms with van der Waals surface area (Å²) in [5.74, 6) is 1.18. The molecule has 0 saturated carbocycles. The van der Waals surface area contributed by atoms with E-state index in [1.807, 2.05) is 36.4 Å². The van der Waals surface area contributed by atoms with Crippen molar-refractivity contribution in [2.24, 2.45) is 0 Å². The van der Waals surface area contributed by atoms with Gasteiger partial charge in [0.05, 0.1) is 12.8 Å². The van der Waals surface area contributed by atoms with E-state index >= 15 is 0 Å². The molecule has 0 bridgehead atoms. The summed E-state index contributed by atoms with van der Waals surface area (Å²) < 4.78 is 5.42. The maximum Gasteiger partial charge on any atom is 0.220 e. The number of rotatable bonds is 6. The molecule has 5 heteroatoms. The van der Waals surface area contributed by atoms with Crippen molar-refractivity contribution in [1.29, 1.82) is 0 Å². The third-order valence-corrected chi connectivity index (χ3v) is 4.56. The topological polar surface area (TPSA) is 61.8 Å². The zero-order valence-electron chi connectivity index (χ0n) is 14.4. The average Bonchev–Trinajstić information content (AvgIpc) is 3.09. The minimum Gasteiger partial charge on any atom is -0.508 e. The van der Waals surface area contributed by atoms with Gasteiger partial charge in [0, 0.05) is 25.6 Å². The molecular weight excluding hydrogens is 316 g/mol. The predicted octanol–water partition coefficient (Wildman–Crippen LogP) is 2.73. The third kappa shape index (κ3) is 4.44. The average molecular weight is 340 g/mol. The fraction of sp³-hybridized carbons (Fsp3) is 0.350. The highest BCUT2D eigenvalue weighted by atomic mass is 16.5. The van der Waals surface area contributed by atoms with Gasteiger partial charge in [-0.1, -0.05) is 24.3 Å². The van der Waals surface area contributed by atoms with Crippen LogP contribution in [0, 0.1) is 0 Å². The number of carbonyl (C=O) groups excluding carboxylic acids is 1. The normalized spacial score (nSPS) is 16.7. The Morgan fingerprint density at radius 2 is 2.00 bits per heavy atom. The lowest BCUT2D eigenvalue weighted by atomic mass is 10.1. The van der Waals surface area contributed by atoms with Gasteiger partial charge in [0.25, 0.3) is 0 Å². The molecule has 0 radical (unpaired) electrons. The number of carbonyl (C=O) groups is 1. The summed E-state index contributed by atoms with van der Waals surface area (Å²) in [5, 5.41) is 12.4. The Morgan fingerprint density at radius 1 is 1.24 bits per heavy atom. The number of hydrogen-bond acceptors (Lipinski definition) is 4. The number of hydrogen-bond donors (Lipinski definition) is 2. The van der Waals surface area contributed by atoms with Gasteiger partial charge >= 0.3 is 0 Å². The molecule has 1 saturated heterocycles. The zero-order valence-corrected chi connectivity index (χ0v) is 14.4. The molecule has 0 spiro atoms. The minimum absolute atomic E-state index is 0.0694. The molecule has 1 atom stereocenters. The summed E-state index contributed by atoms with van der Waals surface area (Å²) in [4.78, 5) is 14.5. The van der Waals surface area contributed by atoms with Crippen molar-refractivity contribution in [3.05, 3.63) is 54.1 Å². The molecule has 25 heavy (non-hydrogen) atoms. The number of phenols is 1. The molecule has 1 aliphatic rings. The molecule has 1 heterocycles. The molecule has 0 aliphatic carbocycles. The van der Waals surface area contributed by atoms with Crippen molar-refractivity contribution >= 4 is 11.6 Å². The molecule has 0 aromatic heterocycles. The van der Waals surface area contributed by atoms with Crippen molar-refractivity contribution in [2.75, 3.05) is 25.1 Å². The fourth-order valence-corrected chi connectivity index (χ4v) is 3.21. The third-order valence-electron chi connectivity index (χ3n) is 4.56. The largest absolute Gasteiger partial charge is 0.508 e. The number of aryl methyl sites for hydroxylation is 1. The quantitative estimate of drug-likeness (QED) is 0.849. The van der Waals surface area contributed by atoms with E-state index in [-0.39, 0.29) is 17.7 Å². The molecule has 3 rings (SSSR count). The second kappa shape index (κ2) is 7.92. The summed E-state index contributed by atoms with van der Waals surface area (Å²) in [5.41, 5.74) is 2.13. The number of aromatic hydroxyl groups is 1. The molecule has 1 aliphatic heterocycles. The molecular formula is C20H24N2O3. The second-order valence-corrected chi connectivity index (χ2v) is 6.34. The first-order chi connectivity index (χ1) is 12.2. The number of nitrogens with one attached hydrogen (secondary N) is 1. The van der Waals surface area contributed by atoms with E-state index in [2.05, 4.69) is 10.2 Å². The highest BCUT2D eigenvalue weighted by molar-refractivity contribution is 5.76. The van der Waals surface area contributed by atoms with Crippen LogP contribution in [0.1, 0.15) is 18.4 Å². The number of amides is 1. The van der Waals surface area contributed by atoms with Crippen LogP contribution in [-0.2, 0) is 11.2 Å². The van der Waals surface area contributed by atoms with Crippen molar-refractivity contribution in [2.45, 2.75) is 25.3 Å². The predicted molar refractivity (Wildman–Crippen MR) is 98.2 cm³/mol. The van der Waals surface area contributed by atoms with Crippen LogP contribution in [0.15, 0.2) is 48.5 Å². The van der Waals surface area contributed by atoms with Gasteiger partial charge in [-0.05, 0) is 42.7 Å². The Morgan fingerprint density at radius 3 is 2.76 bits per heavy atom. The second-order valence-electron chi connectivity index (χ2n) is 6.34. The number of ether oxygens (including phenoxy) is 1. The first-order valence-electron chi connectivity index (χ1n) is 8.61.